The van der Waals surface area contributed by atoms with Gasteiger partial charge in [0.25, 0.3) is 0 Å². The molecule has 1 rings (SSSR count). The van der Waals surface area contributed by atoms with Crippen LogP contribution >= 0.6 is 11.8 Å². The van der Waals surface area contributed by atoms with E-state index in [0.29, 0.717) is 18.6 Å². The van der Waals surface area contributed by atoms with E-state index in [1.807, 2.05) is 24.3 Å². The van der Waals surface area contributed by atoms with Crippen LogP contribution in [0.3, 0.4) is 0 Å². The number of amidine groups is 1. The molecule has 25 heavy (non-hydrogen) atoms. The van der Waals surface area contributed by atoms with Gasteiger partial charge in [-0.1, -0.05) is 23.9 Å². The van der Waals surface area contributed by atoms with Crippen LogP contribution in [0.25, 0.3) is 0 Å². The van der Waals surface area contributed by atoms with Gasteiger partial charge in [0.15, 0.2) is 5.17 Å². The topological polar surface area (TPSA) is 94.1 Å². The fourth-order valence-corrected chi connectivity index (χ4v) is 2.73. The number of carbonyl (C=O) groups is 1. The zero-order valence-corrected chi connectivity index (χ0v) is 16.4. The third kappa shape index (κ3) is 8.27. The minimum absolute atomic E-state index is 0.165. The first-order valence-electron chi connectivity index (χ1n) is 8.10. The highest BCUT2D eigenvalue weighted by atomic mass is 32.2. The predicted octanol–water partition coefficient (Wildman–Crippen LogP) is 3.67. The second kappa shape index (κ2) is 9.10. The maximum Gasteiger partial charge on any atom is 0.436 e. The first-order chi connectivity index (χ1) is 11.5. The molecule has 1 aromatic rings. The van der Waals surface area contributed by atoms with Gasteiger partial charge in [0.2, 0.25) is 0 Å². The molecule has 0 spiro atoms. The molecule has 0 saturated heterocycles. The third-order valence-electron chi connectivity index (χ3n) is 3.36. The molecule has 1 unspecified atom stereocenters. The van der Waals surface area contributed by atoms with E-state index >= 15 is 0 Å². The van der Waals surface area contributed by atoms with Crippen molar-refractivity contribution in [2.75, 3.05) is 12.9 Å². The van der Waals surface area contributed by atoms with Crippen LogP contribution in [0.5, 0.6) is 5.75 Å². The van der Waals surface area contributed by atoms with E-state index in [0.717, 1.165) is 11.3 Å². The van der Waals surface area contributed by atoms with Crippen molar-refractivity contribution in [3.8, 4) is 5.75 Å². The maximum absolute atomic E-state index is 11.5. The van der Waals surface area contributed by atoms with E-state index in [9.17, 15) is 9.90 Å². The summed E-state index contributed by atoms with van der Waals surface area (Å²) in [6.07, 6.45) is 0.586. The van der Waals surface area contributed by atoms with Gasteiger partial charge in [-0.15, -0.1) is 0 Å². The molecule has 1 atom stereocenters. The van der Waals surface area contributed by atoms with Crippen molar-refractivity contribution >= 4 is 23.0 Å². The Morgan fingerprint density at radius 3 is 2.36 bits per heavy atom. The van der Waals surface area contributed by atoms with E-state index in [1.54, 1.807) is 34.8 Å². The molecule has 0 bridgehead atoms. The molecule has 140 valence electrons. The van der Waals surface area contributed by atoms with Crippen LogP contribution in [-0.4, -0.2) is 34.8 Å². The zero-order chi connectivity index (χ0) is 19.1. The lowest BCUT2D eigenvalue weighted by Crippen LogP contribution is -2.23. The lowest BCUT2D eigenvalue weighted by Gasteiger charge is -2.24. The fourth-order valence-electron chi connectivity index (χ4n) is 2.09. The van der Waals surface area contributed by atoms with E-state index < -0.39 is 17.3 Å². The fraction of sp³-hybridized carbons (Fsp3) is 0.556. The number of hydrogen-bond acceptors (Lipinski definition) is 5. The lowest BCUT2D eigenvalue weighted by molar-refractivity contribution is 0.0472. The van der Waals surface area contributed by atoms with Crippen LogP contribution in [0, 0.1) is 0 Å². The second-order valence-corrected chi connectivity index (χ2v) is 8.00. The van der Waals surface area contributed by atoms with Gasteiger partial charge in [-0.2, -0.15) is 4.99 Å². The summed E-state index contributed by atoms with van der Waals surface area (Å²) in [7, 11) is 1.60. The molecule has 0 fully saturated rings. The highest BCUT2D eigenvalue weighted by Crippen LogP contribution is 2.28. The molecule has 7 heteroatoms. The van der Waals surface area contributed by atoms with Crippen LogP contribution in [0.2, 0.25) is 0 Å². The van der Waals surface area contributed by atoms with Gasteiger partial charge in [0.1, 0.15) is 11.4 Å². The van der Waals surface area contributed by atoms with Crippen LogP contribution in [-0.2, 0) is 10.3 Å². The number of thioether (sulfide) groups is 1. The first-order valence-corrected chi connectivity index (χ1v) is 9.09. The van der Waals surface area contributed by atoms with Gasteiger partial charge in [0, 0.05) is 5.75 Å². The smallest absolute Gasteiger partial charge is 0.436 e. The molecular weight excluding hydrogens is 340 g/mol. The van der Waals surface area contributed by atoms with Crippen molar-refractivity contribution in [2.24, 2.45) is 10.7 Å². The quantitative estimate of drug-likeness (QED) is 0.452. The largest absolute Gasteiger partial charge is 0.497 e. The normalized spacial score (nSPS) is 14.7. The van der Waals surface area contributed by atoms with E-state index in [4.69, 9.17) is 15.2 Å². The molecule has 0 aliphatic carbocycles. The van der Waals surface area contributed by atoms with Gasteiger partial charge in [-0.25, -0.2) is 4.79 Å². The highest BCUT2D eigenvalue weighted by Gasteiger charge is 2.22. The van der Waals surface area contributed by atoms with Crippen molar-refractivity contribution in [1.29, 1.82) is 0 Å². The number of nitrogens with two attached hydrogens (primary N) is 1. The molecule has 0 aliphatic rings. The van der Waals surface area contributed by atoms with Crippen LogP contribution < -0.4 is 10.5 Å². The van der Waals surface area contributed by atoms with Crippen molar-refractivity contribution in [3.05, 3.63) is 29.8 Å². The van der Waals surface area contributed by atoms with Crippen molar-refractivity contribution < 1.29 is 19.4 Å². The Labute approximate surface area is 153 Å². The first kappa shape index (κ1) is 21.3. The summed E-state index contributed by atoms with van der Waals surface area (Å²) >= 11 is 1.27. The Morgan fingerprint density at radius 2 is 1.84 bits per heavy atom. The standard InChI is InChI=1S/C18H28N2O4S/c1-17(2,3)24-16(21)20-15(19)25-12-6-11-18(4,22)13-7-9-14(23-5)10-8-13/h7-10,22H,6,11-12H2,1-5H3,(H2,19,20,21). The van der Waals surface area contributed by atoms with Gasteiger partial charge in [-0.3, -0.25) is 0 Å². The van der Waals surface area contributed by atoms with Crippen LogP contribution in [0.1, 0.15) is 46.1 Å². The van der Waals surface area contributed by atoms with Gasteiger partial charge in [-0.05, 0) is 58.2 Å². The SMILES string of the molecule is COc1ccc(C(C)(O)CCCS/C(N)=N\C(=O)OC(C)(C)C)cc1. The van der Waals surface area contributed by atoms with Crippen molar-refractivity contribution in [3.63, 3.8) is 0 Å². The highest BCUT2D eigenvalue weighted by molar-refractivity contribution is 8.13. The number of nitrogens with zero attached hydrogens (tertiary/aromatic N) is 1. The number of benzene rings is 1. The van der Waals surface area contributed by atoms with Gasteiger partial charge < -0.3 is 20.3 Å². The van der Waals surface area contributed by atoms with Crippen molar-refractivity contribution in [1.82, 2.24) is 0 Å². The number of aliphatic hydroxyl groups is 1. The Balaban J connectivity index is 2.44. The summed E-state index contributed by atoms with van der Waals surface area (Å²) in [5.74, 6) is 1.39. The monoisotopic (exact) mass is 368 g/mol. The summed E-state index contributed by atoms with van der Waals surface area (Å²) in [5.41, 5.74) is 5.01. The number of carbonyl (C=O) groups excluding carboxylic acids is 1. The lowest BCUT2D eigenvalue weighted by atomic mass is 9.91. The summed E-state index contributed by atoms with van der Waals surface area (Å²) in [6.45, 7) is 7.08. The Kier molecular flexibility index (Phi) is 7.76. The van der Waals surface area contributed by atoms with Gasteiger partial charge in [0.05, 0.1) is 12.7 Å². The van der Waals surface area contributed by atoms with Crippen LogP contribution in [0.4, 0.5) is 4.79 Å². The van der Waals surface area contributed by atoms with Crippen LogP contribution in [0.15, 0.2) is 29.3 Å². The average Bonchev–Trinajstić information content (AvgIpc) is 2.49. The minimum Gasteiger partial charge on any atom is -0.497 e. The summed E-state index contributed by atoms with van der Waals surface area (Å²) in [6, 6.07) is 7.35. The Morgan fingerprint density at radius 1 is 1.24 bits per heavy atom. The summed E-state index contributed by atoms with van der Waals surface area (Å²) in [5, 5.41) is 10.8. The number of rotatable bonds is 6. The number of hydrogen-bond donors (Lipinski definition) is 2. The number of aliphatic imine (C=N–C) groups is 1. The van der Waals surface area contributed by atoms with E-state index in [-0.39, 0.29) is 5.17 Å². The summed E-state index contributed by atoms with van der Waals surface area (Å²) in [4.78, 5) is 15.2. The third-order valence-corrected chi connectivity index (χ3v) is 4.24. The number of amides is 1. The maximum atomic E-state index is 11.5. The molecule has 0 heterocycles. The minimum atomic E-state index is -0.941. The molecule has 3 N–H and O–H groups in total. The molecule has 0 aromatic heterocycles. The number of ether oxygens (including phenoxy) is 2. The zero-order valence-electron chi connectivity index (χ0n) is 15.5. The predicted molar refractivity (Wildman–Crippen MR) is 102 cm³/mol. The Hall–Kier alpha value is -1.73. The van der Waals surface area contributed by atoms with E-state index in [1.165, 1.54) is 11.8 Å². The molecule has 1 aromatic carbocycles. The molecule has 6 nitrogen and oxygen atoms in total. The molecular formula is C18H28N2O4S. The second-order valence-electron chi connectivity index (χ2n) is 6.88. The summed E-state index contributed by atoms with van der Waals surface area (Å²) < 4.78 is 10.2. The molecule has 0 saturated carbocycles. The molecule has 1 amide bonds. The van der Waals surface area contributed by atoms with Gasteiger partial charge >= 0.3 is 6.09 Å². The number of methoxy groups -OCH3 is 1. The van der Waals surface area contributed by atoms with Crippen molar-refractivity contribution in [2.45, 2.75) is 51.7 Å². The Bertz CT molecular complexity index is 592. The molecule has 0 radical (unpaired) electrons. The average molecular weight is 368 g/mol. The molecule has 0 aliphatic heterocycles. The van der Waals surface area contributed by atoms with E-state index in [2.05, 4.69) is 4.99 Å².